The molecule has 0 bridgehead atoms. The molecule has 0 saturated carbocycles. The smallest absolute Gasteiger partial charge is 0.0780 e. The van der Waals surface area contributed by atoms with Gasteiger partial charge in [-0.2, -0.15) is 0 Å². The maximum atomic E-state index is 8.83. The second-order valence-corrected chi connectivity index (χ2v) is 3.41. The Morgan fingerprint density at radius 3 is 2.80 bits per heavy atom. The van der Waals surface area contributed by atoms with Crippen molar-refractivity contribution in [3.63, 3.8) is 0 Å². The molecule has 1 atom stereocenters. The molecule has 0 aromatic rings. The first kappa shape index (κ1) is 10.6. The van der Waals surface area contributed by atoms with Crippen LogP contribution in [0, 0.1) is 11.2 Å². The van der Waals surface area contributed by atoms with Crippen molar-refractivity contribution in [2.45, 2.75) is 18.9 Å². The van der Waals surface area contributed by atoms with Crippen LogP contribution in [0.15, 0.2) is 0 Å². The van der Waals surface area contributed by atoms with E-state index in [-0.39, 0.29) is 6.61 Å². The molecule has 0 amide bonds. The Hall–Kier alpha value is 0.560. The molecule has 2 nitrogen and oxygen atoms in total. The van der Waals surface area contributed by atoms with Gasteiger partial charge in [0.25, 0.3) is 0 Å². The minimum Gasteiger partial charge on any atom is -0.394 e. The molecule has 0 spiro atoms. The minimum atomic E-state index is -0.603. The van der Waals surface area contributed by atoms with Crippen LogP contribution in [0.2, 0.25) is 0 Å². The molecule has 0 aromatic heterocycles. The zero-order chi connectivity index (χ0) is 7.82. The van der Waals surface area contributed by atoms with Crippen molar-refractivity contribution >= 4 is 30.1 Å². The Kier molecular flexibility index (Phi) is 8.09. The van der Waals surface area contributed by atoms with Crippen molar-refractivity contribution in [2.24, 2.45) is 0 Å². The fourth-order valence-electron chi connectivity index (χ4n) is 0.408. The average molecular weight is 272 g/mol. The lowest BCUT2D eigenvalue weighted by Crippen LogP contribution is -2.10. The lowest BCUT2D eigenvalue weighted by atomic mass is 10.2. The standard InChI is InChI=1S/C6H9IO2S/c7-10-4-2-1-3-6(9)5-8/h6,8-9H,1,3,5H2/t6-/m1/s1. The molecule has 58 valence electrons. The maximum Gasteiger partial charge on any atom is 0.0780 e. The predicted octanol–water partition coefficient (Wildman–Crippen LogP) is 1.16. The molecular weight excluding hydrogens is 263 g/mol. The Bertz CT molecular complexity index is 129. The van der Waals surface area contributed by atoms with Crippen molar-refractivity contribution in [3.8, 4) is 11.2 Å². The summed E-state index contributed by atoms with van der Waals surface area (Å²) < 4.78 is 0. The van der Waals surface area contributed by atoms with E-state index >= 15 is 0 Å². The van der Waals surface area contributed by atoms with Crippen molar-refractivity contribution < 1.29 is 10.2 Å². The van der Waals surface area contributed by atoms with Crippen molar-refractivity contribution in [1.29, 1.82) is 0 Å². The molecule has 0 aliphatic rings. The highest BCUT2D eigenvalue weighted by molar-refractivity contribution is 14.2. The fraction of sp³-hybridized carbons (Fsp3) is 0.667. The molecule has 0 radical (unpaired) electrons. The van der Waals surface area contributed by atoms with Crippen molar-refractivity contribution in [3.05, 3.63) is 0 Å². The molecule has 0 saturated heterocycles. The Labute approximate surface area is 77.0 Å². The molecule has 2 N–H and O–H groups in total. The third-order valence-electron chi connectivity index (χ3n) is 0.924. The van der Waals surface area contributed by atoms with Gasteiger partial charge in [-0.25, -0.2) is 0 Å². The van der Waals surface area contributed by atoms with Gasteiger partial charge in [0, 0.05) is 27.6 Å². The SMILES string of the molecule is OC[C@H](O)CCC#CSI. The normalized spacial score (nSPS) is 11.9. The van der Waals surface area contributed by atoms with Gasteiger partial charge in [-0.3, -0.25) is 0 Å². The quantitative estimate of drug-likeness (QED) is 0.598. The summed E-state index contributed by atoms with van der Waals surface area (Å²) in [6.45, 7) is -0.168. The number of hydrogen-bond donors (Lipinski definition) is 2. The second kappa shape index (κ2) is 7.66. The number of aliphatic hydroxyl groups is 2. The summed E-state index contributed by atoms with van der Waals surface area (Å²) >= 11 is 2.08. The zero-order valence-corrected chi connectivity index (χ0v) is 8.35. The number of aliphatic hydroxyl groups excluding tert-OH is 2. The molecule has 0 rings (SSSR count). The van der Waals surface area contributed by atoms with E-state index in [1.165, 1.54) is 8.93 Å². The van der Waals surface area contributed by atoms with E-state index < -0.39 is 6.10 Å². The Morgan fingerprint density at radius 1 is 1.60 bits per heavy atom. The summed E-state index contributed by atoms with van der Waals surface area (Å²) in [5.41, 5.74) is 0. The van der Waals surface area contributed by atoms with Gasteiger partial charge >= 0.3 is 0 Å². The van der Waals surface area contributed by atoms with Crippen LogP contribution in [0.4, 0.5) is 0 Å². The monoisotopic (exact) mass is 272 g/mol. The van der Waals surface area contributed by atoms with Crippen LogP contribution in [0.1, 0.15) is 12.8 Å². The maximum absolute atomic E-state index is 8.83. The van der Waals surface area contributed by atoms with Gasteiger partial charge in [-0.1, -0.05) is 5.92 Å². The first-order valence-corrected chi connectivity index (χ1v) is 6.21. The highest BCUT2D eigenvalue weighted by atomic mass is 127. The molecule has 0 heterocycles. The van der Waals surface area contributed by atoms with Crippen LogP contribution in [-0.2, 0) is 0 Å². The summed E-state index contributed by atoms with van der Waals surface area (Å²) in [5, 5.41) is 20.0. The first-order valence-electron chi connectivity index (χ1n) is 2.85. The van der Waals surface area contributed by atoms with Crippen LogP contribution in [0.3, 0.4) is 0 Å². The zero-order valence-electron chi connectivity index (χ0n) is 5.38. The Morgan fingerprint density at radius 2 is 2.30 bits per heavy atom. The molecule has 0 aromatic carbocycles. The topological polar surface area (TPSA) is 40.5 Å². The molecule has 10 heavy (non-hydrogen) atoms. The van der Waals surface area contributed by atoms with E-state index in [9.17, 15) is 0 Å². The fourth-order valence-corrected chi connectivity index (χ4v) is 1.03. The van der Waals surface area contributed by atoms with Gasteiger partial charge in [0.15, 0.2) is 0 Å². The molecule has 0 fully saturated rings. The predicted molar refractivity (Wildman–Crippen MR) is 51.7 cm³/mol. The van der Waals surface area contributed by atoms with Crippen LogP contribution in [0.25, 0.3) is 0 Å². The Balaban J connectivity index is 3.18. The minimum absolute atomic E-state index is 0.168. The van der Waals surface area contributed by atoms with Gasteiger partial charge < -0.3 is 10.2 Å². The number of halogens is 1. The van der Waals surface area contributed by atoms with Gasteiger partial charge in [0.05, 0.1) is 12.7 Å². The van der Waals surface area contributed by atoms with Gasteiger partial charge in [0.1, 0.15) is 0 Å². The summed E-state index contributed by atoms with van der Waals surface area (Å²) in [6, 6.07) is 0. The molecular formula is C6H9IO2S. The molecule has 0 aliphatic heterocycles. The van der Waals surface area contributed by atoms with Gasteiger partial charge in [0.2, 0.25) is 0 Å². The third-order valence-corrected chi connectivity index (χ3v) is 1.81. The molecule has 0 unspecified atom stereocenters. The van der Waals surface area contributed by atoms with Crippen molar-refractivity contribution in [2.75, 3.05) is 6.61 Å². The van der Waals surface area contributed by atoms with E-state index in [0.29, 0.717) is 12.8 Å². The molecule has 0 aliphatic carbocycles. The van der Waals surface area contributed by atoms with Crippen molar-refractivity contribution in [1.82, 2.24) is 0 Å². The number of rotatable bonds is 3. The lowest BCUT2D eigenvalue weighted by molar-refractivity contribution is 0.0896. The largest absolute Gasteiger partial charge is 0.394 e. The number of hydrogen-bond acceptors (Lipinski definition) is 3. The van der Waals surface area contributed by atoms with Crippen LogP contribution >= 0.6 is 30.1 Å². The van der Waals surface area contributed by atoms with Gasteiger partial charge in [-0.15, -0.1) is 0 Å². The summed E-state index contributed by atoms with van der Waals surface area (Å²) in [5.74, 6) is 2.83. The summed E-state index contributed by atoms with van der Waals surface area (Å²) in [7, 11) is 1.43. The highest BCUT2D eigenvalue weighted by Gasteiger charge is 1.97. The summed E-state index contributed by atoms with van der Waals surface area (Å²) in [4.78, 5) is 0. The van der Waals surface area contributed by atoms with Crippen LogP contribution < -0.4 is 0 Å². The molecule has 4 heteroatoms. The van der Waals surface area contributed by atoms with E-state index in [1.54, 1.807) is 0 Å². The van der Waals surface area contributed by atoms with Crippen LogP contribution in [-0.4, -0.2) is 22.9 Å². The average Bonchev–Trinajstić information content (AvgIpc) is 1.98. The van der Waals surface area contributed by atoms with E-state index in [1.807, 2.05) is 0 Å². The first-order chi connectivity index (χ1) is 4.81. The van der Waals surface area contributed by atoms with Gasteiger partial charge in [-0.05, 0) is 20.6 Å². The third kappa shape index (κ3) is 6.68. The summed E-state index contributed by atoms with van der Waals surface area (Å²) in [6.07, 6.45) is 0.604. The lowest BCUT2D eigenvalue weighted by Gasteiger charge is -2.00. The van der Waals surface area contributed by atoms with Crippen LogP contribution in [0.5, 0.6) is 0 Å². The highest BCUT2D eigenvalue weighted by Crippen LogP contribution is 2.07. The van der Waals surface area contributed by atoms with E-state index in [2.05, 4.69) is 32.4 Å². The van der Waals surface area contributed by atoms with E-state index in [4.69, 9.17) is 10.2 Å². The second-order valence-electron chi connectivity index (χ2n) is 1.73. The van der Waals surface area contributed by atoms with E-state index in [0.717, 1.165) is 0 Å².